The third-order valence-corrected chi connectivity index (χ3v) is 4.80. The Kier molecular flexibility index (Phi) is 8.02. The Bertz CT molecular complexity index is 335. The lowest BCUT2D eigenvalue weighted by Crippen LogP contribution is -2.20. The van der Waals surface area contributed by atoms with Crippen LogP contribution in [0.1, 0.15) is 65.7 Å². The largest absolute Gasteiger partial charge is 0.481 e. The van der Waals surface area contributed by atoms with Crippen LogP contribution in [-0.2, 0) is 4.79 Å². The standard InChI is InChI=1S/C18H32O3/c1-13(2)10-11-15-14(3)12-17(19)16(15)8-6-4-5-7-9-18(20)21/h4,6,13-17,19H,5,7-12H2,1-3H3,(H,20,21)/b6-4-/t14-,15+,16-,17+/m1/s1. The lowest BCUT2D eigenvalue weighted by molar-refractivity contribution is -0.137. The first-order valence-corrected chi connectivity index (χ1v) is 8.46. The molecule has 0 spiro atoms. The monoisotopic (exact) mass is 296 g/mol. The van der Waals surface area contributed by atoms with Crippen molar-refractivity contribution in [3.63, 3.8) is 0 Å². The van der Waals surface area contributed by atoms with Crippen LogP contribution < -0.4 is 0 Å². The maximum atomic E-state index is 10.4. The van der Waals surface area contributed by atoms with Crippen molar-refractivity contribution < 1.29 is 15.0 Å². The number of allylic oxidation sites excluding steroid dienone is 2. The van der Waals surface area contributed by atoms with Gasteiger partial charge in [0.15, 0.2) is 0 Å². The Morgan fingerprint density at radius 3 is 2.62 bits per heavy atom. The van der Waals surface area contributed by atoms with Crippen LogP contribution in [-0.4, -0.2) is 22.3 Å². The molecule has 3 heteroatoms. The van der Waals surface area contributed by atoms with E-state index in [1.54, 1.807) is 0 Å². The molecule has 0 aromatic rings. The minimum absolute atomic E-state index is 0.166. The predicted molar refractivity (Wildman–Crippen MR) is 86.1 cm³/mol. The molecule has 0 saturated heterocycles. The van der Waals surface area contributed by atoms with Crippen LogP contribution in [0.5, 0.6) is 0 Å². The highest BCUT2D eigenvalue weighted by Crippen LogP contribution is 2.42. The first-order valence-electron chi connectivity index (χ1n) is 8.46. The molecule has 0 aromatic heterocycles. The van der Waals surface area contributed by atoms with E-state index < -0.39 is 5.97 Å². The molecule has 0 heterocycles. The fourth-order valence-electron chi connectivity index (χ4n) is 3.54. The fourth-order valence-corrected chi connectivity index (χ4v) is 3.54. The van der Waals surface area contributed by atoms with Gasteiger partial charge < -0.3 is 10.2 Å². The van der Waals surface area contributed by atoms with Gasteiger partial charge in [-0.1, -0.05) is 39.3 Å². The molecule has 0 radical (unpaired) electrons. The number of carboxylic acid groups (broad SMARTS) is 1. The number of carboxylic acids is 1. The van der Waals surface area contributed by atoms with Crippen LogP contribution in [0.4, 0.5) is 0 Å². The number of unbranched alkanes of at least 4 members (excludes halogenated alkanes) is 1. The molecule has 1 aliphatic rings. The lowest BCUT2D eigenvalue weighted by atomic mass is 9.82. The van der Waals surface area contributed by atoms with Gasteiger partial charge in [-0.3, -0.25) is 4.79 Å². The number of aliphatic hydroxyl groups excluding tert-OH is 1. The van der Waals surface area contributed by atoms with Crippen molar-refractivity contribution in [2.45, 2.75) is 71.8 Å². The molecule has 0 bridgehead atoms. The van der Waals surface area contributed by atoms with E-state index in [-0.39, 0.29) is 12.5 Å². The smallest absolute Gasteiger partial charge is 0.303 e. The van der Waals surface area contributed by atoms with Gasteiger partial charge in [-0.15, -0.1) is 0 Å². The Balaban J connectivity index is 2.38. The van der Waals surface area contributed by atoms with Crippen LogP contribution in [0.25, 0.3) is 0 Å². The maximum absolute atomic E-state index is 10.4. The maximum Gasteiger partial charge on any atom is 0.303 e. The molecule has 0 aliphatic heterocycles. The highest BCUT2D eigenvalue weighted by Gasteiger charge is 2.38. The Labute approximate surface area is 129 Å². The molecule has 1 aliphatic carbocycles. The molecule has 1 fully saturated rings. The molecular weight excluding hydrogens is 264 g/mol. The van der Waals surface area contributed by atoms with Crippen LogP contribution in [0.3, 0.4) is 0 Å². The summed E-state index contributed by atoms with van der Waals surface area (Å²) in [5.74, 6) is 1.63. The lowest BCUT2D eigenvalue weighted by Gasteiger charge is -2.24. The molecule has 0 unspecified atom stereocenters. The van der Waals surface area contributed by atoms with E-state index in [9.17, 15) is 9.90 Å². The summed E-state index contributed by atoms with van der Waals surface area (Å²) in [6.45, 7) is 6.78. The van der Waals surface area contributed by atoms with Crippen molar-refractivity contribution in [3.05, 3.63) is 12.2 Å². The Morgan fingerprint density at radius 1 is 1.29 bits per heavy atom. The Morgan fingerprint density at radius 2 is 2.00 bits per heavy atom. The molecule has 21 heavy (non-hydrogen) atoms. The summed E-state index contributed by atoms with van der Waals surface area (Å²) in [7, 11) is 0. The van der Waals surface area contributed by atoms with Gasteiger partial charge in [-0.05, 0) is 55.8 Å². The van der Waals surface area contributed by atoms with E-state index in [1.165, 1.54) is 12.8 Å². The van der Waals surface area contributed by atoms with E-state index in [2.05, 4.69) is 32.9 Å². The summed E-state index contributed by atoms with van der Waals surface area (Å²) in [5.41, 5.74) is 0. The van der Waals surface area contributed by atoms with Crippen LogP contribution in [0, 0.1) is 23.7 Å². The molecular formula is C18H32O3. The predicted octanol–water partition coefficient (Wildman–Crippen LogP) is 4.26. The van der Waals surface area contributed by atoms with Gasteiger partial charge in [0.05, 0.1) is 6.10 Å². The number of hydrogen-bond acceptors (Lipinski definition) is 2. The highest BCUT2D eigenvalue weighted by molar-refractivity contribution is 5.66. The summed E-state index contributed by atoms with van der Waals surface area (Å²) in [6, 6.07) is 0. The zero-order valence-electron chi connectivity index (χ0n) is 13.8. The van der Waals surface area contributed by atoms with E-state index in [4.69, 9.17) is 5.11 Å². The van der Waals surface area contributed by atoms with Gasteiger partial charge in [0, 0.05) is 6.42 Å². The molecule has 3 nitrogen and oxygen atoms in total. The molecule has 1 rings (SSSR count). The van der Waals surface area contributed by atoms with Crippen molar-refractivity contribution in [1.82, 2.24) is 0 Å². The van der Waals surface area contributed by atoms with Crippen molar-refractivity contribution in [3.8, 4) is 0 Å². The second-order valence-corrected chi connectivity index (χ2v) is 7.07. The second kappa shape index (κ2) is 9.24. The van der Waals surface area contributed by atoms with Crippen LogP contribution in [0.2, 0.25) is 0 Å². The second-order valence-electron chi connectivity index (χ2n) is 7.07. The molecule has 2 N–H and O–H groups in total. The summed E-state index contributed by atoms with van der Waals surface area (Å²) in [6.07, 6.45) is 10.1. The quantitative estimate of drug-likeness (QED) is 0.494. The first-order chi connectivity index (χ1) is 9.91. The van der Waals surface area contributed by atoms with Gasteiger partial charge in [-0.2, -0.15) is 0 Å². The van der Waals surface area contributed by atoms with E-state index >= 15 is 0 Å². The van der Waals surface area contributed by atoms with Crippen molar-refractivity contribution in [2.75, 3.05) is 0 Å². The van der Waals surface area contributed by atoms with Gasteiger partial charge in [-0.25, -0.2) is 0 Å². The minimum Gasteiger partial charge on any atom is -0.481 e. The van der Waals surface area contributed by atoms with Crippen molar-refractivity contribution in [1.29, 1.82) is 0 Å². The number of carbonyl (C=O) groups is 1. The molecule has 1 saturated carbocycles. The summed E-state index contributed by atoms with van der Waals surface area (Å²) in [5, 5.41) is 18.8. The SMILES string of the molecule is CC(C)CC[C@@H]1[C@@H](C/C=C\CCCC(=O)O)[C@@H](O)C[C@H]1C. The molecule has 4 atom stereocenters. The molecule has 0 aromatic carbocycles. The number of aliphatic carboxylic acids is 1. The molecule has 122 valence electrons. The third kappa shape index (κ3) is 6.64. The van der Waals surface area contributed by atoms with Crippen molar-refractivity contribution >= 4 is 5.97 Å². The van der Waals surface area contributed by atoms with Crippen molar-refractivity contribution in [2.24, 2.45) is 23.7 Å². The van der Waals surface area contributed by atoms with Gasteiger partial charge >= 0.3 is 5.97 Å². The molecule has 0 amide bonds. The average molecular weight is 296 g/mol. The normalized spacial score (nSPS) is 29.6. The minimum atomic E-state index is -0.725. The first kappa shape index (κ1) is 18.2. The van der Waals surface area contributed by atoms with E-state index in [0.29, 0.717) is 24.2 Å². The van der Waals surface area contributed by atoms with E-state index in [0.717, 1.165) is 25.2 Å². The summed E-state index contributed by atoms with van der Waals surface area (Å²) < 4.78 is 0. The van der Waals surface area contributed by atoms with Crippen LogP contribution in [0.15, 0.2) is 12.2 Å². The zero-order chi connectivity index (χ0) is 15.8. The van der Waals surface area contributed by atoms with Gasteiger partial charge in [0.1, 0.15) is 0 Å². The van der Waals surface area contributed by atoms with Crippen LogP contribution >= 0.6 is 0 Å². The Hall–Kier alpha value is -0.830. The van der Waals surface area contributed by atoms with Gasteiger partial charge in [0.2, 0.25) is 0 Å². The number of rotatable bonds is 9. The fraction of sp³-hybridized carbons (Fsp3) is 0.833. The highest BCUT2D eigenvalue weighted by atomic mass is 16.4. The summed E-state index contributed by atoms with van der Waals surface area (Å²) >= 11 is 0. The van der Waals surface area contributed by atoms with Gasteiger partial charge in [0.25, 0.3) is 0 Å². The third-order valence-electron chi connectivity index (χ3n) is 4.80. The van der Waals surface area contributed by atoms with E-state index in [1.807, 2.05) is 0 Å². The number of aliphatic hydroxyl groups is 1. The summed E-state index contributed by atoms with van der Waals surface area (Å²) in [4.78, 5) is 10.4. The topological polar surface area (TPSA) is 57.5 Å². The average Bonchev–Trinajstić information content (AvgIpc) is 2.65. The number of hydrogen-bond donors (Lipinski definition) is 2. The zero-order valence-corrected chi connectivity index (χ0v) is 13.8.